The molecule has 0 aliphatic carbocycles. The van der Waals surface area contributed by atoms with Crippen LogP contribution in [-0.2, 0) is 6.42 Å². The summed E-state index contributed by atoms with van der Waals surface area (Å²) in [4.78, 5) is 28.1. The third kappa shape index (κ3) is 7.34. The second-order valence-electron chi connectivity index (χ2n) is 10.1. The summed E-state index contributed by atoms with van der Waals surface area (Å²) in [7, 11) is 0. The summed E-state index contributed by atoms with van der Waals surface area (Å²) in [6.45, 7) is 3.97. The maximum absolute atomic E-state index is 12.6. The molecule has 4 rings (SSSR count). The summed E-state index contributed by atoms with van der Waals surface area (Å²) in [6.07, 6.45) is 2.71. The number of fused-ring (bicyclic) bond motifs is 1. The molecule has 0 spiro atoms. The molecule has 0 saturated heterocycles. The Kier molecular flexibility index (Phi) is 9.80. The first-order valence-corrected chi connectivity index (χ1v) is 13.6. The number of aromatic nitrogens is 1. The van der Waals surface area contributed by atoms with Crippen molar-refractivity contribution >= 4 is 22.7 Å². The second-order valence-corrected chi connectivity index (χ2v) is 10.1. The number of aliphatic hydroxyl groups excluding tert-OH is 2. The van der Waals surface area contributed by atoms with E-state index in [-0.39, 0.29) is 36.7 Å². The number of para-hydroxylation sites is 1. The molecule has 0 aliphatic heterocycles. The SMILES string of the molecule is CC(C)Oc1c(C(N)=O)cc(C#Cc2ccc(C(=O)NCCCO)cc2)cc1[C@H](CO)Cc1c[nH]c2ccccc12. The lowest BCUT2D eigenvalue weighted by Crippen LogP contribution is -2.24. The molecule has 0 fully saturated rings. The molecule has 1 atom stereocenters. The first-order valence-electron chi connectivity index (χ1n) is 13.6. The number of primary amides is 1. The zero-order valence-corrected chi connectivity index (χ0v) is 23.2. The van der Waals surface area contributed by atoms with Crippen LogP contribution < -0.4 is 15.8 Å². The van der Waals surface area contributed by atoms with Gasteiger partial charge in [-0.25, -0.2) is 0 Å². The van der Waals surface area contributed by atoms with E-state index in [0.29, 0.717) is 47.4 Å². The quantitative estimate of drug-likeness (QED) is 0.142. The van der Waals surface area contributed by atoms with Crippen LogP contribution in [0.25, 0.3) is 10.9 Å². The van der Waals surface area contributed by atoms with Crippen molar-refractivity contribution in [3.8, 4) is 17.6 Å². The molecule has 8 nitrogen and oxygen atoms in total. The van der Waals surface area contributed by atoms with Crippen molar-refractivity contribution in [1.82, 2.24) is 10.3 Å². The molecule has 1 aromatic heterocycles. The summed E-state index contributed by atoms with van der Waals surface area (Å²) in [5, 5.41) is 23.2. The number of aromatic amines is 1. The van der Waals surface area contributed by atoms with Crippen molar-refractivity contribution in [2.24, 2.45) is 5.73 Å². The van der Waals surface area contributed by atoms with Crippen LogP contribution >= 0.6 is 0 Å². The largest absolute Gasteiger partial charge is 0.490 e. The van der Waals surface area contributed by atoms with E-state index in [1.807, 2.05) is 50.4 Å². The van der Waals surface area contributed by atoms with Crippen LogP contribution in [-0.4, -0.2) is 52.9 Å². The number of aliphatic hydroxyl groups is 2. The van der Waals surface area contributed by atoms with Crippen LogP contribution in [0.3, 0.4) is 0 Å². The summed E-state index contributed by atoms with van der Waals surface area (Å²) in [5.41, 5.74) is 10.4. The van der Waals surface area contributed by atoms with E-state index < -0.39 is 5.91 Å². The molecule has 4 aromatic rings. The molecule has 0 aliphatic rings. The van der Waals surface area contributed by atoms with Gasteiger partial charge in [0.1, 0.15) is 5.75 Å². The standard InChI is InChI=1S/C33H35N3O5/c1-21(2)41-31-28(26(20-38)18-25-19-36-30-7-4-3-6-27(25)30)16-23(17-29(31)32(34)39)9-8-22-10-12-24(13-11-22)33(40)35-14-5-15-37/h3-4,6-7,10-13,16-17,19,21,26,36-38H,5,14-15,18,20H2,1-2H3,(H2,34,39)(H,35,40)/t26-/m0/s1. The number of ether oxygens (including phenoxy) is 1. The summed E-state index contributed by atoms with van der Waals surface area (Å²) in [5.74, 6) is 5.29. The minimum atomic E-state index is -0.647. The highest BCUT2D eigenvalue weighted by molar-refractivity contribution is 5.97. The highest BCUT2D eigenvalue weighted by Gasteiger charge is 2.24. The van der Waals surface area contributed by atoms with Gasteiger partial charge < -0.3 is 31.0 Å². The molecule has 8 heteroatoms. The Morgan fingerprint density at radius 3 is 2.44 bits per heavy atom. The first kappa shape index (κ1) is 29.4. The minimum Gasteiger partial charge on any atom is -0.490 e. The van der Waals surface area contributed by atoms with Crippen LogP contribution in [0.15, 0.2) is 66.9 Å². The predicted octanol–water partition coefficient (Wildman–Crippen LogP) is 3.88. The van der Waals surface area contributed by atoms with Gasteiger partial charge in [0, 0.05) is 58.4 Å². The molecule has 0 saturated carbocycles. The summed E-state index contributed by atoms with van der Waals surface area (Å²) in [6, 6.07) is 18.3. The van der Waals surface area contributed by atoms with Crippen LogP contribution in [0.5, 0.6) is 5.75 Å². The van der Waals surface area contributed by atoms with E-state index in [9.17, 15) is 14.7 Å². The molecule has 0 bridgehead atoms. The van der Waals surface area contributed by atoms with E-state index >= 15 is 0 Å². The van der Waals surface area contributed by atoms with Crippen molar-refractivity contribution in [3.63, 3.8) is 0 Å². The number of hydrogen-bond donors (Lipinski definition) is 5. The lowest BCUT2D eigenvalue weighted by molar-refractivity contribution is 0.0949. The average Bonchev–Trinajstić information content (AvgIpc) is 3.38. The van der Waals surface area contributed by atoms with Crippen LogP contribution in [0.1, 0.15) is 69.2 Å². The normalized spacial score (nSPS) is 11.6. The molecular formula is C33H35N3O5. The van der Waals surface area contributed by atoms with E-state index in [1.165, 1.54) is 0 Å². The Morgan fingerprint density at radius 2 is 1.76 bits per heavy atom. The molecule has 212 valence electrons. The maximum Gasteiger partial charge on any atom is 0.252 e. The molecule has 3 aromatic carbocycles. The second kappa shape index (κ2) is 13.7. The van der Waals surface area contributed by atoms with Crippen molar-refractivity contribution in [2.45, 2.75) is 38.7 Å². The third-order valence-corrected chi connectivity index (χ3v) is 6.66. The van der Waals surface area contributed by atoms with Gasteiger partial charge in [0.05, 0.1) is 18.3 Å². The van der Waals surface area contributed by atoms with Gasteiger partial charge in [0.2, 0.25) is 0 Å². The van der Waals surface area contributed by atoms with Crippen molar-refractivity contribution in [3.05, 3.63) is 100 Å². The van der Waals surface area contributed by atoms with E-state index in [1.54, 1.807) is 30.3 Å². The third-order valence-electron chi connectivity index (χ3n) is 6.66. The highest BCUT2D eigenvalue weighted by Crippen LogP contribution is 2.35. The van der Waals surface area contributed by atoms with Crippen LogP contribution in [0.2, 0.25) is 0 Å². The maximum atomic E-state index is 12.6. The number of carbonyl (C=O) groups excluding carboxylic acids is 2. The monoisotopic (exact) mass is 553 g/mol. The number of nitrogens with one attached hydrogen (secondary N) is 2. The Morgan fingerprint density at radius 1 is 1.02 bits per heavy atom. The fourth-order valence-corrected chi connectivity index (χ4v) is 4.65. The zero-order chi connectivity index (χ0) is 29.4. The number of carbonyl (C=O) groups is 2. The lowest BCUT2D eigenvalue weighted by Gasteiger charge is -2.23. The summed E-state index contributed by atoms with van der Waals surface area (Å²) < 4.78 is 6.10. The Labute approximate surface area is 239 Å². The Hall–Kier alpha value is -4.58. The van der Waals surface area contributed by atoms with Gasteiger partial charge in [-0.2, -0.15) is 0 Å². The average molecular weight is 554 g/mol. The van der Waals surface area contributed by atoms with Crippen molar-refractivity contribution < 1.29 is 24.5 Å². The van der Waals surface area contributed by atoms with Crippen LogP contribution in [0.4, 0.5) is 0 Å². The number of benzene rings is 3. The zero-order valence-electron chi connectivity index (χ0n) is 23.2. The van der Waals surface area contributed by atoms with Crippen molar-refractivity contribution in [2.75, 3.05) is 19.8 Å². The van der Waals surface area contributed by atoms with E-state index in [2.05, 4.69) is 22.1 Å². The Balaban J connectivity index is 1.69. The topological polar surface area (TPSA) is 138 Å². The van der Waals surface area contributed by atoms with E-state index in [0.717, 1.165) is 16.5 Å². The minimum absolute atomic E-state index is 0.0145. The van der Waals surface area contributed by atoms with Gasteiger partial charge in [-0.3, -0.25) is 9.59 Å². The number of amides is 2. The van der Waals surface area contributed by atoms with Gasteiger partial charge >= 0.3 is 0 Å². The van der Waals surface area contributed by atoms with E-state index in [4.69, 9.17) is 15.6 Å². The molecular weight excluding hydrogens is 518 g/mol. The van der Waals surface area contributed by atoms with Crippen LogP contribution in [0, 0.1) is 11.8 Å². The molecule has 41 heavy (non-hydrogen) atoms. The molecule has 1 heterocycles. The number of hydrogen-bond acceptors (Lipinski definition) is 5. The van der Waals surface area contributed by atoms with Crippen molar-refractivity contribution in [1.29, 1.82) is 0 Å². The lowest BCUT2D eigenvalue weighted by atomic mass is 9.88. The number of nitrogens with two attached hydrogens (primary N) is 1. The molecule has 2 amide bonds. The molecule has 0 unspecified atom stereocenters. The van der Waals surface area contributed by atoms with Gasteiger partial charge in [-0.05, 0) is 74.7 Å². The molecule has 6 N–H and O–H groups in total. The van der Waals surface area contributed by atoms with Gasteiger partial charge in [0.15, 0.2) is 0 Å². The smallest absolute Gasteiger partial charge is 0.252 e. The van der Waals surface area contributed by atoms with Gasteiger partial charge in [-0.1, -0.05) is 30.0 Å². The summed E-state index contributed by atoms with van der Waals surface area (Å²) >= 11 is 0. The Bertz CT molecular complexity index is 1580. The van der Waals surface area contributed by atoms with Gasteiger partial charge in [-0.15, -0.1) is 0 Å². The molecule has 0 radical (unpaired) electrons. The number of rotatable bonds is 11. The predicted molar refractivity (Wildman–Crippen MR) is 159 cm³/mol. The van der Waals surface area contributed by atoms with Gasteiger partial charge in [0.25, 0.3) is 11.8 Å². The fraction of sp³-hybridized carbons (Fsp3) is 0.273. The highest BCUT2D eigenvalue weighted by atomic mass is 16.5. The number of H-pyrrole nitrogens is 1. The first-order chi connectivity index (χ1) is 19.8. The fourth-order valence-electron chi connectivity index (χ4n) is 4.65.